The molecule has 0 aliphatic rings. The molecule has 0 aliphatic carbocycles. The number of carbonyl (C=O) groups excluding carboxylic acids is 1. The lowest BCUT2D eigenvalue weighted by atomic mass is 10.2. The van der Waals surface area contributed by atoms with Gasteiger partial charge < -0.3 is 5.32 Å². The van der Waals surface area contributed by atoms with Crippen LogP contribution in [-0.2, 0) is 16.4 Å². The molecule has 3 rings (SSSR count). The molecule has 0 atom stereocenters. The van der Waals surface area contributed by atoms with Gasteiger partial charge >= 0.3 is 0 Å². The van der Waals surface area contributed by atoms with Gasteiger partial charge in [0.1, 0.15) is 5.82 Å². The smallest absolute Gasteiger partial charge is 0.260 e. The van der Waals surface area contributed by atoms with Crippen molar-refractivity contribution in [3.05, 3.63) is 95.8 Å². The molecular formula is C22H20FN3O3S2. The quantitative estimate of drug-likeness (QED) is 0.473. The number of carbonyl (C=O) groups is 1. The van der Waals surface area contributed by atoms with Gasteiger partial charge in [-0.2, -0.15) is 0 Å². The lowest BCUT2D eigenvalue weighted by molar-refractivity contribution is 0.0974. The van der Waals surface area contributed by atoms with E-state index in [1.807, 2.05) is 30.3 Å². The predicted octanol–water partition coefficient (Wildman–Crippen LogP) is 3.47. The number of anilines is 1. The van der Waals surface area contributed by atoms with Crippen LogP contribution in [0.1, 0.15) is 15.9 Å². The summed E-state index contributed by atoms with van der Waals surface area (Å²) in [5.74, 6) is -1.34. The van der Waals surface area contributed by atoms with Gasteiger partial charge in [0.15, 0.2) is 5.11 Å². The summed E-state index contributed by atoms with van der Waals surface area (Å²) in [6, 6.07) is 21.0. The summed E-state index contributed by atoms with van der Waals surface area (Å²) in [5.41, 5.74) is 1.38. The summed E-state index contributed by atoms with van der Waals surface area (Å²) in [4.78, 5) is 12.2. The maximum absolute atomic E-state index is 13.7. The van der Waals surface area contributed by atoms with Crippen molar-refractivity contribution in [1.82, 2.24) is 10.0 Å². The SMILES string of the molecule is O=C(NC(=S)Nc1ccc(S(=O)(=O)NCCc2ccccc2)cc1)c1ccccc1F. The molecule has 0 unspecified atom stereocenters. The second-order valence-electron chi connectivity index (χ2n) is 6.55. The number of hydrogen-bond donors (Lipinski definition) is 3. The van der Waals surface area contributed by atoms with Crippen molar-refractivity contribution < 1.29 is 17.6 Å². The highest BCUT2D eigenvalue weighted by Crippen LogP contribution is 2.14. The fraction of sp³-hybridized carbons (Fsp3) is 0.0909. The Morgan fingerprint density at radius 2 is 1.55 bits per heavy atom. The number of hydrogen-bond acceptors (Lipinski definition) is 4. The molecular weight excluding hydrogens is 437 g/mol. The van der Waals surface area contributed by atoms with E-state index in [0.717, 1.165) is 5.56 Å². The Hall–Kier alpha value is -3.14. The monoisotopic (exact) mass is 457 g/mol. The molecule has 3 aromatic carbocycles. The first-order chi connectivity index (χ1) is 14.8. The van der Waals surface area contributed by atoms with Crippen LogP contribution in [0.2, 0.25) is 0 Å². The first-order valence-electron chi connectivity index (χ1n) is 9.36. The Morgan fingerprint density at radius 3 is 2.23 bits per heavy atom. The normalized spacial score (nSPS) is 11.0. The van der Waals surface area contributed by atoms with Crippen LogP contribution in [-0.4, -0.2) is 26.0 Å². The van der Waals surface area contributed by atoms with Crippen LogP contribution >= 0.6 is 12.2 Å². The molecule has 0 bridgehead atoms. The molecule has 160 valence electrons. The van der Waals surface area contributed by atoms with E-state index in [2.05, 4.69) is 15.4 Å². The van der Waals surface area contributed by atoms with Crippen LogP contribution in [0, 0.1) is 5.82 Å². The summed E-state index contributed by atoms with van der Waals surface area (Å²) in [6.45, 7) is 0.276. The van der Waals surface area contributed by atoms with Crippen molar-refractivity contribution >= 4 is 38.9 Å². The summed E-state index contributed by atoms with van der Waals surface area (Å²) in [5, 5.41) is 5.11. The lowest BCUT2D eigenvalue weighted by Crippen LogP contribution is -2.34. The number of halogens is 1. The molecule has 0 heterocycles. The molecule has 1 amide bonds. The highest BCUT2D eigenvalue weighted by atomic mass is 32.2. The minimum Gasteiger partial charge on any atom is -0.332 e. The van der Waals surface area contributed by atoms with E-state index in [9.17, 15) is 17.6 Å². The molecule has 6 nitrogen and oxygen atoms in total. The molecule has 9 heteroatoms. The highest BCUT2D eigenvalue weighted by molar-refractivity contribution is 7.89. The van der Waals surface area contributed by atoms with Gasteiger partial charge in [0.2, 0.25) is 10.0 Å². The number of amides is 1. The minimum atomic E-state index is -3.66. The van der Waals surface area contributed by atoms with E-state index in [-0.39, 0.29) is 22.1 Å². The van der Waals surface area contributed by atoms with Crippen molar-refractivity contribution in [3.63, 3.8) is 0 Å². The van der Waals surface area contributed by atoms with Crippen LogP contribution in [0.5, 0.6) is 0 Å². The molecule has 0 aromatic heterocycles. The van der Waals surface area contributed by atoms with Crippen LogP contribution in [0.25, 0.3) is 0 Å². The van der Waals surface area contributed by atoms with Crippen LogP contribution in [0.4, 0.5) is 10.1 Å². The zero-order chi connectivity index (χ0) is 22.3. The number of thiocarbonyl (C=S) groups is 1. The van der Waals surface area contributed by atoms with Gasteiger partial charge in [0.05, 0.1) is 10.5 Å². The molecule has 0 aliphatic heterocycles. The number of nitrogens with one attached hydrogen (secondary N) is 3. The van der Waals surface area contributed by atoms with Crippen molar-refractivity contribution in [1.29, 1.82) is 0 Å². The molecule has 3 N–H and O–H groups in total. The Bertz CT molecular complexity index is 1170. The molecule has 3 aromatic rings. The third-order valence-corrected chi connectivity index (χ3v) is 6.00. The second-order valence-corrected chi connectivity index (χ2v) is 8.72. The maximum atomic E-state index is 13.7. The molecule has 0 fully saturated rings. The minimum absolute atomic E-state index is 0.0372. The summed E-state index contributed by atoms with van der Waals surface area (Å²) >= 11 is 5.07. The Labute approximate surface area is 185 Å². The van der Waals surface area contributed by atoms with Crippen LogP contribution < -0.4 is 15.4 Å². The predicted molar refractivity (Wildman–Crippen MR) is 122 cm³/mol. The largest absolute Gasteiger partial charge is 0.332 e. The Balaban J connectivity index is 1.54. The van der Waals surface area contributed by atoms with Gasteiger partial charge in [-0.3, -0.25) is 10.1 Å². The van der Waals surface area contributed by atoms with Crippen molar-refractivity contribution in [2.75, 3.05) is 11.9 Å². The summed E-state index contributed by atoms with van der Waals surface area (Å²) in [6.07, 6.45) is 0.579. The highest BCUT2D eigenvalue weighted by Gasteiger charge is 2.15. The fourth-order valence-corrected chi connectivity index (χ4v) is 4.00. The number of benzene rings is 3. The fourth-order valence-electron chi connectivity index (χ4n) is 2.75. The molecule has 0 spiro atoms. The van der Waals surface area contributed by atoms with Gasteiger partial charge in [-0.05, 0) is 60.6 Å². The average Bonchev–Trinajstić information content (AvgIpc) is 2.75. The third kappa shape index (κ3) is 6.42. The summed E-state index contributed by atoms with van der Waals surface area (Å²) in [7, 11) is -3.66. The van der Waals surface area contributed by atoms with E-state index in [0.29, 0.717) is 12.1 Å². The standard InChI is InChI=1S/C22H20FN3O3S2/c23-20-9-5-4-8-19(20)21(27)26-22(30)25-17-10-12-18(13-11-17)31(28,29)24-15-14-16-6-2-1-3-7-16/h1-13,24H,14-15H2,(H2,25,26,27,30). The lowest BCUT2D eigenvalue weighted by Gasteiger charge is -2.11. The van der Waals surface area contributed by atoms with Crippen molar-refractivity contribution in [2.24, 2.45) is 0 Å². The maximum Gasteiger partial charge on any atom is 0.260 e. The Kier molecular flexibility index (Phi) is 7.45. The van der Waals surface area contributed by atoms with Gasteiger partial charge in [0.25, 0.3) is 5.91 Å². The zero-order valence-corrected chi connectivity index (χ0v) is 18.0. The molecule has 0 saturated heterocycles. The summed E-state index contributed by atoms with van der Waals surface area (Å²) < 4.78 is 41.1. The number of rotatable bonds is 7. The topological polar surface area (TPSA) is 87.3 Å². The van der Waals surface area contributed by atoms with Gasteiger partial charge in [-0.25, -0.2) is 17.5 Å². The van der Waals surface area contributed by atoms with E-state index in [1.165, 1.54) is 42.5 Å². The molecule has 0 saturated carbocycles. The number of sulfonamides is 1. The van der Waals surface area contributed by atoms with Crippen molar-refractivity contribution in [3.8, 4) is 0 Å². The van der Waals surface area contributed by atoms with E-state index >= 15 is 0 Å². The zero-order valence-electron chi connectivity index (χ0n) is 16.3. The molecule has 31 heavy (non-hydrogen) atoms. The first kappa shape index (κ1) is 22.5. The van der Waals surface area contributed by atoms with E-state index < -0.39 is 21.7 Å². The van der Waals surface area contributed by atoms with Gasteiger partial charge in [-0.15, -0.1) is 0 Å². The van der Waals surface area contributed by atoms with Crippen LogP contribution in [0.15, 0.2) is 83.8 Å². The Morgan fingerprint density at radius 1 is 0.903 bits per heavy atom. The van der Waals surface area contributed by atoms with Gasteiger partial charge in [-0.1, -0.05) is 42.5 Å². The van der Waals surface area contributed by atoms with Gasteiger partial charge in [0, 0.05) is 12.2 Å². The van der Waals surface area contributed by atoms with Crippen molar-refractivity contribution in [2.45, 2.75) is 11.3 Å². The van der Waals surface area contributed by atoms with Crippen LogP contribution in [0.3, 0.4) is 0 Å². The molecule has 0 radical (unpaired) electrons. The third-order valence-electron chi connectivity index (χ3n) is 4.32. The second kappa shape index (κ2) is 10.3. The van der Waals surface area contributed by atoms with E-state index in [4.69, 9.17) is 12.2 Å². The first-order valence-corrected chi connectivity index (χ1v) is 11.2. The average molecular weight is 458 g/mol. The van der Waals surface area contributed by atoms with E-state index in [1.54, 1.807) is 6.07 Å².